The summed E-state index contributed by atoms with van der Waals surface area (Å²) in [6.07, 6.45) is 5.23. The summed E-state index contributed by atoms with van der Waals surface area (Å²) in [5.41, 5.74) is 1.25. The van der Waals surface area contributed by atoms with Gasteiger partial charge >= 0.3 is 0 Å². The fourth-order valence-corrected chi connectivity index (χ4v) is 2.02. The summed E-state index contributed by atoms with van der Waals surface area (Å²) in [6.45, 7) is 5.49. The van der Waals surface area contributed by atoms with E-state index in [9.17, 15) is 0 Å². The number of rotatable bonds is 2. The van der Waals surface area contributed by atoms with Gasteiger partial charge in [-0.1, -0.05) is 6.92 Å². The lowest BCUT2D eigenvalue weighted by Gasteiger charge is -2.36. The van der Waals surface area contributed by atoms with Gasteiger partial charge in [-0.3, -0.25) is 4.68 Å². The van der Waals surface area contributed by atoms with Crippen LogP contribution in [0.2, 0.25) is 0 Å². The van der Waals surface area contributed by atoms with E-state index in [0.717, 1.165) is 19.6 Å². The number of anilines is 1. The molecular weight excluding hydrogens is 176 g/mol. The molecule has 1 aromatic rings. The molecule has 1 N–H and O–H groups in total. The second kappa shape index (κ2) is 4.00. The first-order valence-electron chi connectivity index (χ1n) is 5.27. The van der Waals surface area contributed by atoms with Gasteiger partial charge in [0, 0.05) is 38.9 Å². The monoisotopic (exact) mass is 194 g/mol. The molecule has 1 unspecified atom stereocenters. The van der Waals surface area contributed by atoms with Gasteiger partial charge in [-0.25, -0.2) is 0 Å². The average molecular weight is 194 g/mol. The Bertz CT molecular complexity index is 294. The molecule has 2 heterocycles. The van der Waals surface area contributed by atoms with Gasteiger partial charge in [0.1, 0.15) is 0 Å². The number of nitrogens with zero attached hydrogens (tertiary/aromatic N) is 3. The van der Waals surface area contributed by atoms with Crippen LogP contribution >= 0.6 is 0 Å². The second-order valence-corrected chi connectivity index (χ2v) is 3.83. The van der Waals surface area contributed by atoms with E-state index in [4.69, 9.17) is 0 Å². The molecule has 0 radical (unpaired) electrons. The summed E-state index contributed by atoms with van der Waals surface area (Å²) >= 11 is 0. The Morgan fingerprint density at radius 3 is 3.14 bits per heavy atom. The van der Waals surface area contributed by atoms with E-state index in [1.165, 1.54) is 12.1 Å². The van der Waals surface area contributed by atoms with Crippen LogP contribution in [0, 0.1) is 0 Å². The molecule has 4 heteroatoms. The first-order chi connectivity index (χ1) is 6.81. The third-order valence-corrected chi connectivity index (χ3v) is 2.84. The number of hydrogen-bond donors (Lipinski definition) is 1. The lowest BCUT2D eigenvalue weighted by Crippen LogP contribution is -2.51. The normalized spacial score (nSPS) is 22.7. The van der Waals surface area contributed by atoms with Crippen LogP contribution in [0.25, 0.3) is 0 Å². The summed E-state index contributed by atoms with van der Waals surface area (Å²) in [6, 6.07) is 0.618. The van der Waals surface area contributed by atoms with E-state index < -0.39 is 0 Å². The maximum Gasteiger partial charge on any atom is 0.0755 e. The van der Waals surface area contributed by atoms with Gasteiger partial charge in [-0.05, 0) is 6.42 Å². The zero-order valence-corrected chi connectivity index (χ0v) is 8.90. The van der Waals surface area contributed by atoms with E-state index in [1.807, 2.05) is 17.9 Å². The van der Waals surface area contributed by atoms with Crippen LogP contribution in [0.15, 0.2) is 12.4 Å². The predicted octanol–water partition coefficient (Wildman–Crippen LogP) is 0.608. The fraction of sp³-hybridized carbons (Fsp3) is 0.700. The van der Waals surface area contributed by atoms with Crippen molar-refractivity contribution in [2.75, 3.05) is 24.5 Å². The second-order valence-electron chi connectivity index (χ2n) is 3.83. The van der Waals surface area contributed by atoms with Gasteiger partial charge in [0.05, 0.1) is 11.9 Å². The third kappa shape index (κ3) is 1.75. The number of aromatic nitrogens is 2. The molecule has 1 atom stereocenters. The highest BCUT2D eigenvalue weighted by molar-refractivity contribution is 5.44. The van der Waals surface area contributed by atoms with Gasteiger partial charge < -0.3 is 10.2 Å². The quantitative estimate of drug-likeness (QED) is 0.749. The van der Waals surface area contributed by atoms with Gasteiger partial charge in [0.25, 0.3) is 0 Å². The van der Waals surface area contributed by atoms with Crippen LogP contribution in [-0.2, 0) is 7.05 Å². The lowest BCUT2D eigenvalue weighted by atomic mass is 10.1. The van der Waals surface area contributed by atoms with Crippen LogP contribution in [-0.4, -0.2) is 35.5 Å². The molecule has 0 bridgehead atoms. The van der Waals surface area contributed by atoms with Crippen molar-refractivity contribution >= 4 is 5.69 Å². The minimum Gasteiger partial charge on any atom is -0.363 e. The third-order valence-electron chi connectivity index (χ3n) is 2.84. The summed E-state index contributed by atoms with van der Waals surface area (Å²) < 4.78 is 1.87. The predicted molar refractivity (Wildman–Crippen MR) is 57.5 cm³/mol. The van der Waals surface area contributed by atoms with Crippen molar-refractivity contribution < 1.29 is 0 Å². The molecule has 1 aliphatic rings. The van der Waals surface area contributed by atoms with Crippen LogP contribution in [0.5, 0.6) is 0 Å². The molecule has 0 aromatic carbocycles. The Balaban J connectivity index is 2.14. The van der Waals surface area contributed by atoms with Crippen LogP contribution in [0.4, 0.5) is 5.69 Å². The van der Waals surface area contributed by atoms with Gasteiger partial charge in [-0.15, -0.1) is 0 Å². The molecule has 0 amide bonds. The van der Waals surface area contributed by atoms with E-state index in [2.05, 4.69) is 28.4 Å². The fourth-order valence-electron chi connectivity index (χ4n) is 2.02. The average Bonchev–Trinajstić information content (AvgIpc) is 2.65. The largest absolute Gasteiger partial charge is 0.363 e. The lowest BCUT2D eigenvalue weighted by molar-refractivity contribution is 0.466. The highest BCUT2D eigenvalue weighted by Gasteiger charge is 2.21. The van der Waals surface area contributed by atoms with Gasteiger partial charge in [0.2, 0.25) is 0 Å². The maximum atomic E-state index is 4.22. The molecule has 78 valence electrons. The van der Waals surface area contributed by atoms with Gasteiger partial charge in [-0.2, -0.15) is 5.10 Å². The topological polar surface area (TPSA) is 33.1 Å². The zero-order chi connectivity index (χ0) is 9.97. The zero-order valence-electron chi connectivity index (χ0n) is 8.90. The molecule has 0 aliphatic carbocycles. The molecule has 4 nitrogen and oxygen atoms in total. The van der Waals surface area contributed by atoms with Crippen molar-refractivity contribution in [2.45, 2.75) is 19.4 Å². The Morgan fingerprint density at radius 1 is 1.64 bits per heavy atom. The maximum absolute atomic E-state index is 4.22. The molecule has 14 heavy (non-hydrogen) atoms. The van der Waals surface area contributed by atoms with Crippen LogP contribution in [0.1, 0.15) is 13.3 Å². The Labute approximate surface area is 84.9 Å². The standard InChI is InChI=1S/C10H18N4/c1-3-9-6-11-4-5-14(9)10-7-12-13(2)8-10/h7-9,11H,3-6H2,1-2H3. The molecule has 2 rings (SSSR count). The van der Waals surface area contributed by atoms with E-state index in [1.54, 1.807) is 0 Å². The van der Waals surface area contributed by atoms with Crippen molar-refractivity contribution in [1.82, 2.24) is 15.1 Å². The van der Waals surface area contributed by atoms with E-state index in [0.29, 0.717) is 6.04 Å². The Kier molecular flexibility index (Phi) is 2.72. The number of nitrogens with one attached hydrogen (secondary N) is 1. The van der Waals surface area contributed by atoms with Crippen molar-refractivity contribution in [3.05, 3.63) is 12.4 Å². The first-order valence-corrected chi connectivity index (χ1v) is 5.27. The van der Waals surface area contributed by atoms with Crippen LogP contribution in [0.3, 0.4) is 0 Å². The van der Waals surface area contributed by atoms with E-state index >= 15 is 0 Å². The Morgan fingerprint density at radius 2 is 2.50 bits per heavy atom. The SMILES string of the molecule is CCC1CNCCN1c1cnn(C)c1. The first kappa shape index (κ1) is 9.52. The molecule has 1 aliphatic heterocycles. The van der Waals surface area contributed by atoms with E-state index in [-0.39, 0.29) is 0 Å². The number of hydrogen-bond acceptors (Lipinski definition) is 3. The summed E-state index contributed by atoms with van der Waals surface area (Å²) in [5, 5.41) is 7.64. The number of aryl methyl sites for hydroxylation is 1. The molecule has 0 spiro atoms. The molecular formula is C10H18N4. The number of piperazine rings is 1. The van der Waals surface area contributed by atoms with Crippen molar-refractivity contribution in [3.63, 3.8) is 0 Å². The molecule has 1 saturated heterocycles. The minimum atomic E-state index is 0.618. The Hall–Kier alpha value is -1.03. The molecule has 1 fully saturated rings. The van der Waals surface area contributed by atoms with Crippen molar-refractivity contribution in [3.8, 4) is 0 Å². The highest BCUT2D eigenvalue weighted by Crippen LogP contribution is 2.18. The summed E-state index contributed by atoms with van der Waals surface area (Å²) in [7, 11) is 1.96. The van der Waals surface area contributed by atoms with Crippen LogP contribution < -0.4 is 10.2 Å². The molecule has 1 aromatic heterocycles. The minimum absolute atomic E-state index is 0.618. The highest BCUT2D eigenvalue weighted by atomic mass is 15.3. The summed E-state index contributed by atoms with van der Waals surface area (Å²) in [4.78, 5) is 2.45. The molecule has 0 saturated carbocycles. The smallest absolute Gasteiger partial charge is 0.0755 e. The van der Waals surface area contributed by atoms with Crippen molar-refractivity contribution in [1.29, 1.82) is 0 Å². The summed E-state index contributed by atoms with van der Waals surface area (Å²) in [5.74, 6) is 0. The van der Waals surface area contributed by atoms with Crippen molar-refractivity contribution in [2.24, 2.45) is 7.05 Å². The van der Waals surface area contributed by atoms with Gasteiger partial charge in [0.15, 0.2) is 0 Å².